The second-order valence-corrected chi connectivity index (χ2v) is 6.22. The maximum absolute atomic E-state index is 12.4. The van der Waals surface area contributed by atoms with E-state index in [0.29, 0.717) is 13.2 Å². The van der Waals surface area contributed by atoms with Gasteiger partial charge in [-0.2, -0.15) is 0 Å². The van der Waals surface area contributed by atoms with Gasteiger partial charge in [-0.15, -0.1) is 11.3 Å². The number of methoxy groups -OCH3 is 1. The summed E-state index contributed by atoms with van der Waals surface area (Å²) in [7, 11) is 1.68. The minimum absolute atomic E-state index is 0.0537. The summed E-state index contributed by atoms with van der Waals surface area (Å²) in [5.41, 5.74) is 1.11. The Morgan fingerprint density at radius 2 is 2.25 bits per heavy atom. The van der Waals surface area contributed by atoms with Gasteiger partial charge in [0, 0.05) is 31.1 Å². The molecule has 2 rings (SSSR count). The first-order valence-electron chi connectivity index (χ1n) is 6.72. The van der Waals surface area contributed by atoms with E-state index in [2.05, 4.69) is 17.2 Å². The van der Waals surface area contributed by atoms with Crippen molar-refractivity contribution in [1.82, 2.24) is 14.9 Å². The molecule has 1 N–H and O–H groups in total. The van der Waals surface area contributed by atoms with Crippen LogP contribution in [-0.2, 0) is 11.3 Å². The fraction of sp³-hybridized carbons (Fsp3) is 0.571. The minimum Gasteiger partial charge on any atom is -0.383 e. The molecule has 20 heavy (non-hydrogen) atoms. The highest BCUT2D eigenvalue weighted by molar-refractivity contribution is 7.18. The van der Waals surface area contributed by atoms with Crippen molar-refractivity contribution in [2.75, 3.05) is 20.3 Å². The normalized spacial score (nSPS) is 13.0. The summed E-state index contributed by atoms with van der Waals surface area (Å²) in [6, 6.07) is 0.275. The molecule has 0 radical (unpaired) electrons. The molecule has 110 valence electrons. The first kappa shape index (κ1) is 15.2. The van der Waals surface area contributed by atoms with Gasteiger partial charge in [-0.25, -0.2) is 4.98 Å². The average molecular weight is 295 g/mol. The zero-order chi connectivity index (χ0) is 14.7. The Balaban J connectivity index is 2.13. The number of thiophene rings is 1. The number of hydrogen-bond donors (Lipinski definition) is 1. The Kier molecular flexibility index (Phi) is 4.91. The van der Waals surface area contributed by atoms with E-state index in [0.717, 1.165) is 27.2 Å². The van der Waals surface area contributed by atoms with E-state index in [1.807, 2.05) is 13.8 Å². The Bertz CT molecular complexity index is 648. The fourth-order valence-corrected chi connectivity index (χ4v) is 3.16. The molecule has 2 aromatic rings. The highest BCUT2D eigenvalue weighted by atomic mass is 32.1. The monoisotopic (exact) mass is 295 g/mol. The molecule has 2 aromatic heterocycles. The Morgan fingerprint density at radius 3 is 2.95 bits per heavy atom. The largest absolute Gasteiger partial charge is 0.383 e. The Morgan fingerprint density at radius 1 is 1.50 bits per heavy atom. The van der Waals surface area contributed by atoms with Gasteiger partial charge in [-0.3, -0.25) is 9.36 Å². The number of fused-ring (bicyclic) bond motifs is 1. The lowest BCUT2D eigenvalue weighted by molar-refractivity contribution is 0.172. The molecule has 0 aliphatic heterocycles. The van der Waals surface area contributed by atoms with Crippen molar-refractivity contribution in [3.8, 4) is 0 Å². The summed E-state index contributed by atoms with van der Waals surface area (Å²) in [4.78, 5) is 18.8. The second-order valence-electron chi connectivity index (χ2n) is 5.02. The lowest BCUT2D eigenvalue weighted by Crippen LogP contribution is -2.34. The number of hydrogen-bond acceptors (Lipinski definition) is 5. The zero-order valence-corrected chi connectivity index (χ0v) is 13.2. The van der Waals surface area contributed by atoms with Gasteiger partial charge in [0.15, 0.2) is 0 Å². The first-order valence-corrected chi connectivity index (χ1v) is 7.53. The number of rotatable bonds is 6. The average Bonchev–Trinajstić information content (AvgIpc) is 2.69. The van der Waals surface area contributed by atoms with Gasteiger partial charge in [-0.05, 0) is 26.3 Å². The number of aromatic nitrogens is 2. The van der Waals surface area contributed by atoms with Crippen molar-refractivity contribution in [2.24, 2.45) is 0 Å². The molecule has 0 bridgehead atoms. The van der Waals surface area contributed by atoms with E-state index >= 15 is 0 Å². The number of ether oxygens (including phenoxy) is 1. The fourth-order valence-electron chi connectivity index (χ4n) is 2.17. The van der Waals surface area contributed by atoms with Gasteiger partial charge in [-0.1, -0.05) is 0 Å². The van der Waals surface area contributed by atoms with E-state index in [9.17, 15) is 4.79 Å². The third-order valence-corrected chi connectivity index (χ3v) is 4.53. The van der Waals surface area contributed by atoms with E-state index < -0.39 is 0 Å². The summed E-state index contributed by atoms with van der Waals surface area (Å²) in [5.74, 6) is 0. The third-order valence-electron chi connectivity index (χ3n) is 3.42. The van der Waals surface area contributed by atoms with Crippen molar-refractivity contribution in [3.63, 3.8) is 0 Å². The van der Waals surface area contributed by atoms with Crippen molar-refractivity contribution >= 4 is 21.6 Å². The predicted octanol–water partition coefficient (Wildman–Crippen LogP) is 1.70. The topological polar surface area (TPSA) is 56.1 Å². The lowest BCUT2D eigenvalue weighted by Gasteiger charge is -2.13. The van der Waals surface area contributed by atoms with Crippen LogP contribution in [0.3, 0.4) is 0 Å². The van der Waals surface area contributed by atoms with Gasteiger partial charge >= 0.3 is 0 Å². The van der Waals surface area contributed by atoms with E-state index in [1.165, 1.54) is 0 Å². The summed E-state index contributed by atoms with van der Waals surface area (Å²) >= 11 is 1.58. The number of nitrogens with one attached hydrogen (secondary N) is 1. The molecule has 6 heteroatoms. The molecular formula is C14H21N3O2S. The SMILES string of the molecule is COCC(C)NCCn1cnc2sc(C)c(C)c2c1=O. The van der Waals surface area contributed by atoms with E-state index in [4.69, 9.17) is 4.74 Å². The molecule has 0 saturated carbocycles. The molecule has 0 aliphatic rings. The Hall–Kier alpha value is -1.24. The van der Waals surface area contributed by atoms with Crippen molar-refractivity contribution in [1.29, 1.82) is 0 Å². The van der Waals surface area contributed by atoms with Gasteiger partial charge in [0.25, 0.3) is 5.56 Å². The molecule has 1 atom stereocenters. The highest BCUT2D eigenvalue weighted by Crippen LogP contribution is 2.25. The van der Waals surface area contributed by atoms with Crippen LogP contribution in [0, 0.1) is 13.8 Å². The van der Waals surface area contributed by atoms with Crippen LogP contribution >= 0.6 is 11.3 Å². The molecule has 1 unspecified atom stereocenters. The molecular weight excluding hydrogens is 274 g/mol. The molecule has 0 saturated heterocycles. The number of nitrogens with zero attached hydrogens (tertiary/aromatic N) is 2. The highest BCUT2D eigenvalue weighted by Gasteiger charge is 2.11. The minimum atomic E-state index is 0.0537. The van der Waals surface area contributed by atoms with Gasteiger partial charge in [0.05, 0.1) is 18.3 Å². The van der Waals surface area contributed by atoms with Crippen LogP contribution in [-0.4, -0.2) is 35.9 Å². The van der Waals surface area contributed by atoms with Crippen LogP contribution in [0.15, 0.2) is 11.1 Å². The van der Waals surface area contributed by atoms with E-state index in [-0.39, 0.29) is 11.6 Å². The van der Waals surface area contributed by atoms with Gasteiger partial charge in [0.1, 0.15) is 4.83 Å². The third kappa shape index (κ3) is 3.08. The standard InChI is InChI=1S/C14H21N3O2S/c1-9(7-19-4)15-5-6-17-8-16-13-12(14(17)18)10(2)11(3)20-13/h8-9,15H,5-7H2,1-4H3. The molecule has 0 aliphatic carbocycles. The molecule has 0 aromatic carbocycles. The first-order chi connectivity index (χ1) is 9.54. The molecule has 5 nitrogen and oxygen atoms in total. The smallest absolute Gasteiger partial charge is 0.262 e. The lowest BCUT2D eigenvalue weighted by atomic mass is 10.2. The number of aryl methyl sites for hydroxylation is 2. The van der Waals surface area contributed by atoms with Crippen LogP contribution < -0.4 is 10.9 Å². The van der Waals surface area contributed by atoms with E-state index in [1.54, 1.807) is 29.3 Å². The van der Waals surface area contributed by atoms with Crippen LogP contribution in [0.5, 0.6) is 0 Å². The summed E-state index contributed by atoms with van der Waals surface area (Å²) in [6.07, 6.45) is 1.64. The Labute approximate surface area is 122 Å². The molecule has 0 amide bonds. The van der Waals surface area contributed by atoms with Crippen LogP contribution in [0.25, 0.3) is 10.2 Å². The molecule has 0 fully saturated rings. The van der Waals surface area contributed by atoms with Crippen molar-refractivity contribution in [3.05, 3.63) is 27.1 Å². The summed E-state index contributed by atoms with van der Waals surface area (Å²) in [5, 5.41) is 4.08. The van der Waals surface area contributed by atoms with Crippen LogP contribution in [0.2, 0.25) is 0 Å². The van der Waals surface area contributed by atoms with Gasteiger partial charge < -0.3 is 10.1 Å². The quantitative estimate of drug-likeness (QED) is 0.881. The maximum atomic E-state index is 12.4. The predicted molar refractivity (Wildman–Crippen MR) is 82.7 cm³/mol. The van der Waals surface area contributed by atoms with Gasteiger partial charge in [0.2, 0.25) is 0 Å². The zero-order valence-electron chi connectivity index (χ0n) is 12.4. The maximum Gasteiger partial charge on any atom is 0.262 e. The summed E-state index contributed by atoms with van der Waals surface area (Å²) in [6.45, 7) is 8.07. The summed E-state index contributed by atoms with van der Waals surface area (Å²) < 4.78 is 6.74. The second kappa shape index (κ2) is 6.47. The van der Waals surface area contributed by atoms with Crippen LogP contribution in [0.4, 0.5) is 0 Å². The molecule has 0 spiro atoms. The van der Waals surface area contributed by atoms with Crippen molar-refractivity contribution < 1.29 is 4.74 Å². The molecule has 2 heterocycles. The van der Waals surface area contributed by atoms with Crippen molar-refractivity contribution in [2.45, 2.75) is 33.4 Å². The van der Waals surface area contributed by atoms with Crippen LogP contribution in [0.1, 0.15) is 17.4 Å².